The van der Waals surface area contributed by atoms with Crippen molar-refractivity contribution >= 4 is 22.5 Å². The molecule has 0 saturated carbocycles. The van der Waals surface area contributed by atoms with Crippen LogP contribution in [0, 0.1) is 0 Å². The number of pyridine rings is 2. The molecule has 0 aliphatic heterocycles. The first-order valence-electron chi connectivity index (χ1n) is 8.20. The number of nitrogens with zero attached hydrogens (tertiary/aromatic N) is 2. The second kappa shape index (κ2) is 6.98. The SMILES string of the molecule is CCCCC(=O)c1cc2cc(C(F)(F)F)cnc2c(NC(C)(C)C)n1. The number of ketones is 1. The number of halogens is 3. The van der Waals surface area contributed by atoms with Gasteiger partial charge in [-0.1, -0.05) is 13.3 Å². The Kier molecular flexibility index (Phi) is 5.34. The predicted octanol–water partition coefficient (Wildman–Crippen LogP) is 5.23. The van der Waals surface area contributed by atoms with E-state index in [1.54, 1.807) is 0 Å². The summed E-state index contributed by atoms with van der Waals surface area (Å²) < 4.78 is 38.9. The summed E-state index contributed by atoms with van der Waals surface area (Å²) in [6.07, 6.45) is -1.82. The highest BCUT2D eigenvalue weighted by Crippen LogP contribution is 2.32. The molecule has 0 bridgehead atoms. The van der Waals surface area contributed by atoms with E-state index < -0.39 is 11.7 Å². The van der Waals surface area contributed by atoms with Crippen LogP contribution in [0.4, 0.5) is 19.0 Å². The summed E-state index contributed by atoms with van der Waals surface area (Å²) in [5.41, 5.74) is -0.751. The summed E-state index contributed by atoms with van der Waals surface area (Å²) in [6.45, 7) is 7.66. The number of Topliss-reactive ketones (excluding diaryl/α,β-unsaturated/α-hetero) is 1. The summed E-state index contributed by atoms with van der Waals surface area (Å²) in [7, 11) is 0. The molecular formula is C18H22F3N3O. The number of rotatable bonds is 5. The molecule has 25 heavy (non-hydrogen) atoms. The Hall–Kier alpha value is -2.18. The zero-order chi connectivity index (χ0) is 18.8. The second-order valence-corrected chi connectivity index (χ2v) is 7.05. The molecular weight excluding hydrogens is 331 g/mol. The monoisotopic (exact) mass is 353 g/mol. The molecule has 2 rings (SSSR count). The van der Waals surface area contributed by atoms with Crippen LogP contribution in [0.15, 0.2) is 18.3 Å². The average molecular weight is 353 g/mol. The van der Waals surface area contributed by atoms with E-state index in [2.05, 4.69) is 15.3 Å². The molecule has 0 amide bonds. The van der Waals surface area contributed by atoms with Crippen LogP contribution in [-0.4, -0.2) is 21.3 Å². The standard InChI is InChI=1S/C18H22F3N3O/c1-5-6-7-14(25)13-9-11-8-12(18(19,20)21)10-22-15(11)16(23-13)24-17(2,3)4/h8-10H,5-7H2,1-4H3,(H,23,24). The lowest BCUT2D eigenvalue weighted by atomic mass is 10.1. The van der Waals surface area contributed by atoms with Gasteiger partial charge < -0.3 is 5.32 Å². The number of alkyl halides is 3. The molecule has 2 heterocycles. The predicted molar refractivity (Wildman–Crippen MR) is 91.8 cm³/mol. The Balaban J connectivity index is 2.60. The Labute approximate surface area is 144 Å². The summed E-state index contributed by atoms with van der Waals surface area (Å²) in [5, 5.41) is 3.37. The molecule has 0 saturated heterocycles. The van der Waals surface area contributed by atoms with Crippen molar-refractivity contribution in [2.45, 2.75) is 58.7 Å². The lowest BCUT2D eigenvalue weighted by molar-refractivity contribution is -0.137. The molecule has 0 atom stereocenters. The largest absolute Gasteiger partial charge is 0.417 e. The van der Waals surface area contributed by atoms with Crippen molar-refractivity contribution in [2.24, 2.45) is 0 Å². The van der Waals surface area contributed by atoms with Crippen LogP contribution in [0.5, 0.6) is 0 Å². The quantitative estimate of drug-likeness (QED) is 0.748. The normalized spacial score (nSPS) is 12.4. The molecule has 0 aliphatic carbocycles. The third kappa shape index (κ3) is 4.90. The van der Waals surface area contributed by atoms with Gasteiger partial charge in [0, 0.05) is 23.5 Å². The van der Waals surface area contributed by atoms with Gasteiger partial charge in [-0.15, -0.1) is 0 Å². The first-order chi connectivity index (χ1) is 11.5. The topological polar surface area (TPSA) is 54.9 Å². The molecule has 4 nitrogen and oxygen atoms in total. The van der Waals surface area contributed by atoms with E-state index in [1.807, 2.05) is 27.7 Å². The van der Waals surface area contributed by atoms with Crippen LogP contribution in [0.25, 0.3) is 10.9 Å². The van der Waals surface area contributed by atoms with Gasteiger partial charge in [-0.05, 0) is 39.3 Å². The fourth-order valence-electron chi connectivity index (χ4n) is 2.35. The van der Waals surface area contributed by atoms with Gasteiger partial charge in [0.25, 0.3) is 0 Å². The van der Waals surface area contributed by atoms with Gasteiger partial charge in [0.05, 0.1) is 5.56 Å². The average Bonchev–Trinajstić information content (AvgIpc) is 2.49. The van der Waals surface area contributed by atoms with Gasteiger partial charge >= 0.3 is 6.18 Å². The van der Waals surface area contributed by atoms with Crippen LogP contribution in [0.3, 0.4) is 0 Å². The Morgan fingerprint density at radius 1 is 1.20 bits per heavy atom. The molecule has 0 unspecified atom stereocenters. The molecule has 136 valence electrons. The molecule has 0 spiro atoms. The zero-order valence-corrected chi connectivity index (χ0v) is 14.8. The Morgan fingerprint density at radius 2 is 1.88 bits per heavy atom. The van der Waals surface area contributed by atoms with Gasteiger partial charge in [-0.3, -0.25) is 9.78 Å². The lowest BCUT2D eigenvalue weighted by Gasteiger charge is -2.22. The molecule has 2 aromatic heterocycles. The van der Waals surface area contributed by atoms with Crippen molar-refractivity contribution in [3.8, 4) is 0 Å². The molecule has 7 heteroatoms. The molecule has 0 fully saturated rings. The van der Waals surface area contributed by atoms with Crippen molar-refractivity contribution in [3.63, 3.8) is 0 Å². The van der Waals surface area contributed by atoms with Crippen LogP contribution in [0.1, 0.15) is 63.0 Å². The van der Waals surface area contributed by atoms with E-state index in [0.29, 0.717) is 24.2 Å². The minimum Gasteiger partial charge on any atom is -0.364 e. The van der Waals surface area contributed by atoms with Crippen LogP contribution < -0.4 is 5.32 Å². The van der Waals surface area contributed by atoms with E-state index in [-0.39, 0.29) is 22.4 Å². The van der Waals surface area contributed by atoms with Gasteiger partial charge in [0.2, 0.25) is 0 Å². The molecule has 1 N–H and O–H groups in total. The van der Waals surface area contributed by atoms with Crippen LogP contribution in [0.2, 0.25) is 0 Å². The molecule has 2 aromatic rings. The summed E-state index contributed by atoms with van der Waals surface area (Å²) in [5.74, 6) is 0.136. The third-order valence-electron chi connectivity index (χ3n) is 3.53. The maximum atomic E-state index is 13.0. The van der Waals surface area contributed by atoms with Gasteiger partial charge in [0.15, 0.2) is 11.6 Å². The van der Waals surface area contributed by atoms with E-state index in [1.165, 1.54) is 6.07 Å². The Morgan fingerprint density at radius 3 is 2.44 bits per heavy atom. The van der Waals surface area contributed by atoms with Crippen molar-refractivity contribution in [1.82, 2.24) is 9.97 Å². The summed E-state index contributed by atoms with van der Waals surface area (Å²) in [6, 6.07) is 2.40. The number of unbranched alkanes of at least 4 members (excludes halogenated alkanes) is 1. The smallest absolute Gasteiger partial charge is 0.364 e. The fourth-order valence-corrected chi connectivity index (χ4v) is 2.35. The highest BCUT2D eigenvalue weighted by atomic mass is 19.4. The number of carbonyl (C=O) groups is 1. The number of anilines is 1. The number of nitrogens with one attached hydrogen (secondary N) is 1. The number of carbonyl (C=O) groups excluding carboxylic acids is 1. The van der Waals surface area contributed by atoms with Crippen LogP contribution in [-0.2, 0) is 6.18 Å². The van der Waals surface area contributed by atoms with Gasteiger partial charge in [-0.25, -0.2) is 4.98 Å². The fraction of sp³-hybridized carbons (Fsp3) is 0.500. The second-order valence-electron chi connectivity index (χ2n) is 7.05. The van der Waals surface area contributed by atoms with E-state index in [9.17, 15) is 18.0 Å². The summed E-state index contributed by atoms with van der Waals surface area (Å²) in [4.78, 5) is 20.6. The van der Waals surface area contributed by atoms with E-state index in [4.69, 9.17) is 0 Å². The molecule has 0 radical (unpaired) electrons. The van der Waals surface area contributed by atoms with Gasteiger partial charge in [-0.2, -0.15) is 13.2 Å². The minimum absolute atomic E-state index is 0.161. The highest BCUT2D eigenvalue weighted by molar-refractivity contribution is 6.00. The van der Waals surface area contributed by atoms with Crippen LogP contribution >= 0.6 is 0 Å². The van der Waals surface area contributed by atoms with Crippen molar-refractivity contribution in [1.29, 1.82) is 0 Å². The third-order valence-corrected chi connectivity index (χ3v) is 3.53. The molecule has 0 aromatic carbocycles. The first kappa shape index (κ1) is 19.1. The van der Waals surface area contributed by atoms with E-state index >= 15 is 0 Å². The first-order valence-corrected chi connectivity index (χ1v) is 8.20. The number of aromatic nitrogens is 2. The molecule has 0 aliphatic rings. The Bertz CT molecular complexity index is 779. The van der Waals surface area contributed by atoms with E-state index in [0.717, 1.165) is 18.7 Å². The number of hydrogen-bond acceptors (Lipinski definition) is 4. The maximum absolute atomic E-state index is 13.0. The van der Waals surface area contributed by atoms with Crippen molar-refractivity contribution in [3.05, 3.63) is 29.6 Å². The van der Waals surface area contributed by atoms with Crippen molar-refractivity contribution < 1.29 is 18.0 Å². The highest BCUT2D eigenvalue weighted by Gasteiger charge is 2.31. The zero-order valence-electron chi connectivity index (χ0n) is 14.8. The van der Waals surface area contributed by atoms with Crippen molar-refractivity contribution in [2.75, 3.05) is 5.32 Å². The number of hydrogen-bond donors (Lipinski definition) is 1. The number of fused-ring (bicyclic) bond motifs is 1. The minimum atomic E-state index is -4.49. The summed E-state index contributed by atoms with van der Waals surface area (Å²) >= 11 is 0. The maximum Gasteiger partial charge on any atom is 0.417 e. The van der Waals surface area contributed by atoms with Gasteiger partial charge in [0.1, 0.15) is 11.2 Å². The lowest BCUT2D eigenvalue weighted by Crippen LogP contribution is -2.27.